The lowest BCUT2D eigenvalue weighted by Gasteiger charge is -2.08. The van der Waals surface area contributed by atoms with Gasteiger partial charge in [0, 0.05) is 5.69 Å². The molecular weight excluding hydrogens is 371 g/mol. The molecule has 0 aliphatic carbocycles. The fourth-order valence-corrected chi connectivity index (χ4v) is 2.37. The van der Waals surface area contributed by atoms with E-state index >= 15 is 0 Å². The van der Waals surface area contributed by atoms with E-state index in [1.54, 1.807) is 0 Å². The van der Waals surface area contributed by atoms with Gasteiger partial charge in [0.05, 0.1) is 9.95 Å². The van der Waals surface area contributed by atoms with Gasteiger partial charge in [0.15, 0.2) is 6.61 Å². The SMILES string of the molecule is Cc1nn(CC(=O)OCC(=O)Nc2ccc(F)c(Cl)c2)c(C)c1[N+](=O)[O-]. The average Bonchev–Trinajstić information content (AvgIpc) is 2.83. The first-order valence-corrected chi connectivity index (χ1v) is 7.65. The lowest BCUT2D eigenvalue weighted by atomic mass is 10.3. The highest BCUT2D eigenvalue weighted by Gasteiger charge is 2.23. The highest BCUT2D eigenvalue weighted by Crippen LogP contribution is 2.22. The van der Waals surface area contributed by atoms with Crippen molar-refractivity contribution in [3.05, 3.63) is 50.5 Å². The number of rotatable bonds is 6. The second-order valence-corrected chi connectivity index (χ2v) is 5.68. The molecule has 0 aliphatic rings. The fourth-order valence-electron chi connectivity index (χ4n) is 2.19. The highest BCUT2D eigenvalue weighted by atomic mass is 35.5. The number of ether oxygens (including phenoxy) is 1. The average molecular weight is 385 g/mol. The predicted molar refractivity (Wildman–Crippen MR) is 89.4 cm³/mol. The summed E-state index contributed by atoms with van der Waals surface area (Å²) in [5, 5.41) is 17.1. The third-order valence-electron chi connectivity index (χ3n) is 3.37. The molecule has 0 fully saturated rings. The molecule has 1 aromatic carbocycles. The zero-order valence-electron chi connectivity index (χ0n) is 13.8. The van der Waals surface area contributed by atoms with Crippen molar-refractivity contribution in [2.75, 3.05) is 11.9 Å². The zero-order valence-corrected chi connectivity index (χ0v) is 14.5. The van der Waals surface area contributed by atoms with E-state index < -0.39 is 29.2 Å². The van der Waals surface area contributed by atoms with Gasteiger partial charge in [-0.1, -0.05) is 11.6 Å². The minimum absolute atomic E-state index is 0.161. The molecule has 0 saturated heterocycles. The molecule has 1 aromatic heterocycles. The normalized spacial score (nSPS) is 10.5. The van der Waals surface area contributed by atoms with E-state index in [4.69, 9.17) is 16.3 Å². The Bertz CT molecular complexity index is 883. The van der Waals surface area contributed by atoms with Crippen LogP contribution in [0.25, 0.3) is 0 Å². The Balaban J connectivity index is 1.90. The van der Waals surface area contributed by atoms with Gasteiger partial charge in [-0.2, -0.15) is 5.10 Å². The Hall–Kier alpha value is -3.01. The summed E-state index contributed by atoms with van der Waals surface area (Å²) in [5.74, 6) is -2.08. The number of nitrogens with one attached hydrogen (secondary N) is 1. The first kappa shape index (κ1) is 19.3. The molecular formula is C15H14ClFN4O5. The van der Waals surface area contributed by atoms with E-state index in [-0.39, 0.29) is 34.3 Å². The molecule has 1 N–H and O–H groups in total. The molecule has 0 spiro atoms. The molecule has 11 heteroatoms. The van der Waals surface area contributed by atoms with Crippen LogP contribution >= 0.6 is 11.6 Å². The standard InChI is InChI=1S/C15H14ClFN4O5/c1-8-15(21(24)25)9(2)20(19-8)6-14(23)26-7-13(22)18-10-3-4-12(17)11(16)5-10/h3-5H,6-7H2,1-2H3,(H,18,22). The lowest BCUT2D eigenvalue weighted by Crippen LogP contribution is -2.23. The zero-order chi connectivity index (χ0) is 19.4. The molecule has 0 saturated carbocycles. The molecule has 0 atom stereocenters. The van der Waals surface area contributed by atoms with Crippen LogP contribution < -0.4 is 5.32 Å². The van der Waals surface area contributed by atoms with Gasteiger partial charge in [-0.3, -0.25) is 24.4 Å². The maximum absolute atomic E-state index is 13.0. The van der Waals surface area contributed by atoms with Gasteiger partial charge in [0.1, 0.15) is 23.7 Å². The number of anilines is 1. The molecule has 0 radical (unpaired) electrons. The van der Waals surface area contributed by atoms with Crippen LogP contribution in [-0.4, -0.2) is 33.2 Å². The summed E-state index contributed by atoms with van der Waals surface area (Å²) in [7, 11) is 0. The van der Waals surface area contributed by atoms with Gasteiger partial charge in [0.2, 0.25) is 0 Å². The highest BCUT2D eigenvalue weighted by molar-refractivity contribution is 6.31. The number of aryl methyl sites for hydroxylation is 1. The van der Waals surface area contributed by atoms with Crippen molar-refractivity contribution < 1.29 is 23.6 Å². The van der Waals surface area contributed by atoms with Gasteiger partial charge in [-0.15, -0.1) is 0 Å². The number of carbonyl (C=O) groups excluding carboxylic acids is 2. The third-order valence-corrected chi connectivity index (χ3v) is 3.66. The van der Waals surface area contributed by atoms with E-state index in [0.717, 1.165) is 10.7 Å². The Morgan fingerprint density at radius 2 is 2.12 bits per heavy atom. The largest absolute Gasteiger partial charge is 0.454 e. The minimum Gasteiger partial charge on any atom is -0.454 e. The van der Waals surface area contributed by atoms with Crippen LogP contribution in [0, 0.1) is 29.8 Å². The van der Waals surface area contributed by atoms with Crippen LogP contribution in [0.1, 0.15) is 11.4 Å². The van der Waals surface area contributed by atoms with E-state index in [0.29, 0.717) is 0 Å². The van der Waals surface area contributed by atoms with Crippen LogP contribution in [-0.2, 0) is 20.9 Å². The molecule has 138 valence electrons. The van der Waals surface area contributed by atoms with Crippen molar-refractivity contribution in [1.29, 1.82) is 0 Å². The quantitative estimate of drug-likeness (QED) is 0.464. The Labute approximate surface area is 151 Å². The molecule has 0 bridgehead atoms. The molecule has 26 heavy (non-hydrogen) atoms. The van der Waals surface area contributed by atoms with E-state index in [1.807, 2.05) is 0 Å². The molecule has 2 rings (SSSR count). The van der Waals surface area contributed by atoms with Crippen LogP contribution in [0.15, 0.2) is 18.2 Å². The minimum atomic E-state index is -0.794. The number of carbonyl (C=O) groups is 2. The van der Waals surface area contributed by atoms with Crippen molar-refractivity contribution in [3.63, 3.8) is 0 Å². The number of hydrogen-bond donors (Lipinski definition) is 1. The molecule has 1 amide bonds. The summed E-state index contributed by atoms with van der Waals surface area (Å²) >= 11 is 5.60. The fraction of sp³-hybridized carbons (Fsp3) is 0.267. The molecule has 1 heterocycles. The Morgan fingerprint density at radius 3 is 2.69 bits per heavy atom. The van der Waals surface area contributed by atoms with E-state index in [9.17, 15) is 24.1 Å². The van der Waals surface area contributed by atoms with E-state index in [2.05, 4.69) is 10.4 Å². The number of esters is 1. The van der Waals surface area contributed by atoms with Crippen LogP contribution in [0.3, 0.4) is 0 Å². The molecule has 0 unspecified atom stereocenters. The monoisotopic (exact) mass is 384 g/mol. The first-order valence-electron chi connectivity index (χ1n) is 7.28. The van der Waals surface area contributed by atoms with Crippen molar-refractivity contribution in [2.45, 2.75) is 20.4 Å². The lowest BCUT2D eigenvalue weighted by molar-refractivity contribution is -0.386. The van der Waals surface area contributed by atoms with Crippen LogP contribution in [0.5, 0.6) is 0 Å². The summed E-state index contributed by atoms with van der Waals surface area (Å²) in [5.41, 5.74) is 0.441. The third kappa shape index (κ3) is 4.54. The Kier molecular flexibility index (Phi) is 5.88. The second-order valence-electron chi connectivity index (χ2n) is 5.27. The predicted octanol–water partition coefficient (Wildman–Crippen LogP) is 2.38. The molecule has 9 nitrogen and oxygen atoms in total. The summed E-state index contributed by atoms with van der Waals surface area (Å²) in [6.45, 7) is 1.94. The molecule has 0 aliphatic heterocycles. The summed E-state index contributed by atoms with van der Waals surface area (Å²) in [6, 6.07) is 3.60. The van der Waals surface area contributed by atoms with Gasteiger partial charge in [0.25, 0.3) is 5.91 Å². The Morgan fingerprint density at radius 1 is 1.42 bits per heavy atom. The van der Waals surface area contributed by atoms with Crippen molar-refractivity contribution in [3.8, 4) is 0 Å². The van der Waals surface area contributed by atoms with Gasteiger partial charge in [-0.05, 0) is 32.0 Å². The van der Waals surface area contributed by atoms with Gasteiger partial charge in [-0.25, -0.2) is 4.39 Å². The second kappa shape index (κ2) is 7.91. The number of hydrogen-bond acceptors (Lipinski definition) is 6. The van der Waals surface area contributed by atoms with E-state index in [1.165, 1.54) is 26.0 Å². The topological polar surface area (TPSA) is 116 Å². The smallest absolute Gasteiger partial charge is 0.328 e. The van der Waals surface area contributed by atoms with Gasteiger partial charge < -0.3 is 10.1 Å². The van der Waals surface area contributed by atoms with Crippen molar-refractivity contribution in [2.24, 2.45) is 0 Å². The summed E-state index contributed by atoms with van der Waals surface area (Å²) in [6.07, 6.45) is 0. The van der Waals surface area contributed by atoms with Crippen molar-refractivity contribution in [1.82, 2.24) is 9.78 Å². The number of halogens is 2. The maximum atomic E-state index is 13.0. The van der Waals surface area contributed by atoms with Crippen LogP contribution in [0.4, 0.5) is 15.8 Å². The molecule has 2 aromatic rings. The number of nitrogens with zero attached hydrogens (tertiary/aromatic N) is 3. The first-order chi connectivity index (χ1) is 12.2. The maximum Gasteiger partial charge on any atom is 0.328 e. The van der Waals surface area contributed by atoms with Crippen molar-refractivity contribution >= 4 is 34.9 Å². The summed E-state index contributed by atoms with van der Waals surface area (Å²) in [4.78, 5) is 33.9. The number of amides is 1. The number of aromatic nitrogens is 2. The van der Waals surface area contributed by atoms with Gasteiger partial charge >= 0.3 is 11.7 Å². The number of benzene rings is 1. The van der Waals surface area contributed by atoms with Crippen LogP contribution in [0.2, 0.25) is 5.02 Å². The number of nitro groups is 1. The summed E-state index contributed by atoms with van der Waals surface area (Å²) < 4.78 is 19.0.